The minimum atomic E-state index is -0.553. The van der Waals surface area contributed by atoms with Gasteiger partial charge in [-0.2, -0.15) is 0 Å². The first-order valence-electron chi connectivity index (χ1n) is 5.98. The van der Waals surface area contributed by atoms with Crippen LogP contribution in [0.15, 0.2) is 36.5 Å². The maximum absolute atomic E-state index is 11.7. The second kappa shape index (κ2) is 6.00. The van der Waals surface area contributed by atoms with Gasteiger partial charge < -0.3 is 9.47 Å². The summed E-state index contributed by atoms with van der Waals surface area (Å²) >= 11 is 0. The molecule has 1 heterocycles. The normalized spacial score (nSPS) is 10.0. The van der Waals surface area contributed by atoms with Gasteiger partial charge in [-0.1, -0.05) is 11.6 Å². The molecule has 1 aromatic carbocycles. The Morgan fingerprint density at radius 1 is 1.29 bits per heavy atom. The predicted octanol–water partition coefficient (Wildman–Crippen LogP) is 2.88. The Morgan fingerprint density at radius 3 is 2.62 bits per heavy atom. The van der Waals surface area contributed by atoms with Crippen molar-refractivity contribution < 1.29 is 19.2 Å². The first-order valence-corrected chi connectivity index (χ1v) is 5.98. The number of nitro groups is 1. The molecule has 0 aliphatic carbocycles. The van der Waals surface area contributed by atoms with Gasteiger partial charge in [-0.3, -0.25) is 10.1 Å². The summed E-state index contributed by atoms with van der Waals surface area (Å²) in [7, 11) is 1.28. The highest BCUT2D eigenvalue weighted by Gasteiger charge is 2.15. The van der Waals surface area contributed by atoms with Crippen LogP contribution in [0.2, 0.25) is 0 Å². The maximum atomic E-state index is 11.7. The predicted molar refractivity (Wildman–Crippen MR) is 73.5 cm³/mol. The van der Waals surface area contributed by atoms with Crippen LogP contribution in [0, 0.1) is 17.0 Å². The highest BCUT2D eigenvalue weighted by Crippen LogP contribution is 2.26. The molecule has 2 rings (SSSR count). The highest BCUT2D eigenvalue weighted by atomic mass is 16.6. The summed E-state index contributed by atoms with van der Waals surface area (Å²) in [5.74, 6) is -0.112. The van der Waals surface area contributed by atoms with Crippen LogP contribution < -0.4 is 4.74 Å². The van der Waals surface area contributed by atoms with Crippen molar-refractivity contribution in [2.75, 3.05) is 7.11 Å². The summed E-state index contributed by atoms with van der Waals surface area (Å²) in [5.41, 5.74) is 0.997. The molecule has 2 aromatic rings. The van der Waals surface area contributed by atoms with E-state index in [4.69, 9.17) is 9.47 Å². The SMILES string of the molecule is COC(=O)c1cc(C)ccc1Oc1ccc([N+](=O)[O-])cn1. The van der Waals surface area contributed by atoms with Gasteiger partial charge in [0.1, 0.15) is 17.5 Å². The lowest BCUT2D eigenvalue weighted by atomic mass is 10.1. The molecular formula is C14H12N2O5. The monoisotopic (exact) mass is 288 g/mol. The van der Waals surface area contributed by atoms with Crippen molar-refractivity contribution in [2.24, 2.45) is 0 Å². The molecule has 0 saturated carbocycles. The van der Waals surface area contributed by atoms with Crippen molar-refractivity contribution >= 4 is 11.7 Å². The Morgan fingerprint density at radius 2 is 2.05 bits per heavy atom. The lowest BCUT2D eigenvalue weighted by molar-refractivity contribution is -0.385. The molecular weight excluding hydrogens is 276 g/mol. The fraction of sp³-hybridized carbons (Fsp3) is 0.143. The molecule has 0 N–H and O–H groups in total. The van der Waals surface area contributed by atoms with Gasteiger partial charge in [0.2, 0.25) is 5.88 Å². The molecule has 0 fully saturated rings. The molecule has 0 aliphatic rings. The summed E-state index contributed by atoms with van der Waals surface area (Å²) < 4.78 is 10.2. The van der Waals surface area contributed by atoms with E-state index in [9.17, 15) is 14.9 Å². The second-order valence-corrected chi connectivity index (χ2v) is 4.21. The quantitative estimate of drug-likeness (QED) is 0.488. The Kier molecular flexibility index (Phi) is 4.13. The number of ether oxygens (including phenoxy) is 2. The number of hydrogen-bond donors (Lipinski definition) is 0. The summed E-state index contributed by atoms with van der Waals surface area (Å²) in [5, 5.41) is 10.6. The number of aromatic nitrogens is 1. The van der Waals surface area contributed by atoms with E-state index in [0.717, 1.165) is 11.8 Å². The van der Waals surface area contributed by atoms with Gasteiger partial charge in [0.25, 0.3) is 5.69 Å². The fourth-order valence-electron chi connectivity index (χ4n) is 1.66. The molecule has 0 radical (unpaired) electrons. The largest absolute Gasteiger partial charge is 0.465 e. The number of pyridine rings is 1. The molecule has 0 bridgehead atoms. The molecule has 0 spiro atoms. The van der Waals surface area contributed by atoms with Gasteiger partial charge in [0.15, 0.2) is 0 Å². The number of methoxy groups -OCH3 is 1. The van der Waals surface area contributed by atoms with E-state index in [-0.39, 0.29) is 22.9 Å². The molecule has 21 heavy (non-hydrogen) atoms. The first-order chi connectivity index (χ1) is 10.0. The number of rotatable bonds is 4. The summed E-state index contributed by atoms with van der Waals surface area (Å²) in [4.78, 5) is 25.5. The van der Waals surface area contributed by atoms with Gasteiger partial charge in [-0.05, 0) is 19.1 Å². The molecule has 0 atom stereocenters. The zero-order chi connectivity index (χ0) is 15.4. The van der Waals surface area contributed by atoms with E-state index < -0.39 is 10.9 Å². The van der Waals surface area contributed by atoms with Crippen molar-refractivity contribution in [1.82, 2.24) is 4.98 Å². The minimum absolute atomic E-state index is 0.139. The van der Waals surface area contributed by atoms with E-state index in [2.05, 4.69) is 4.98 Å². The third-order valence-corrected chi connectivity index (χ3v) is 2.69. The Labute approximate surface area is 120 Å². The second-order valence-electron chi connectivity index (χ2n) is 4.21. The molecule has 0 amide bonds. The van der Waals surface area contributed by atoms with E-state index >= 15 is 0 Å². The van der Waals surface area contributed by atoms with Gasteiger partial charge >= 0.3 is 5.97 Å². The van der Waals surface area contributed by atoms with Crippen LogP contribution in [0.5, 0.6) is 11.6 Å². The Hall–Kier alpha value is -2.96. The zero-order valence-electron chi connectivity index (χ0n) is 11.4. The van der Waals surface area contributed by atoms with Crippen molar-refractivity contribution in [3.63, 3.8) is 0 Å². The number of hydrogen-bond acceptors (Lipinski definition) is 6. The minimum Gasteiger partial charge on any atom is -0.465 e. The number of carbonyl (C=O) groups excluding carboxylic acids is 1. The van der Waals surface area contributed by atoms with Crippen molar-refractivity contribution in [3.05, 3.63) is 57.8 Å². The van der Waals surface area contributed by atoms with E-state index in [0.29, 0.717) is 0 Å². The van der Waals surface area contributed by atoms with Crippen LogP contribution in [-0.4, -0.2) is 23.0 Å². The molecule has 1 aromatic heterocycles. The molecule has 7 nitrogen and oxygen atoms in total. The fourth-order valence-corrected chi connectivity index (χ4v) is 1.66. The van der Waals surface area contributed by atoms with Crippen LogP contribution in [0.4, 0.5) is 5.69 Å². The first kappa shape index (κ1) is 14.4. The molecule has 7 heteroatoms. The molecule has 0 unspecified atom stereocenters. The van der Waals surface area contributed by atoms with Gasteiger partial charge in [-0.25, -0.2) is 9.78 Å². The number of nitrogens with zero attached hydrogens (tertiary/aromatic N) is 2. The lowest BCUT2D eigenvalue weighted by Crippen LogP contribution is -2.04. The van der Waals surface area contributed by atoms with E-state index in [1.54, 1.807) is 18.2 Å². The number of carbonyl (C=O) groups is 1. The van der Waals surface area contributed by atoms with Crippen LogP contribution in [0.25, 0.3) is 0 Å². The smallest absolute Gasteiger partial charge is 0.341 e. The van der Waals surface area contributed by atoms with Crippen molar-refractivity contribution in [2.45, 2.75) is 6.92 Å². The van der Waals surface area contributed by atoms with E-state index in [1.165, 1.54) is 19.2 Å². The molecule has 0 aliphatic heterocycles. The Bertz CT molecular complexity index is 682. The van der Waals surface area contributed by atoms with Gasteiger partial charge in [0.05, 0.1) is 12.0 Å². The van der Waals surface area contributed by atoms with Crippen LogP contribution in [0.1, 0.15) is 15.9 Å². The molecule has 0 saturated heterocycles. The average Bonchev–Trinajstić information content (AvgIpc) is 2.48. The average molecular weight is 288 g/mol. The number of benzene rings is 1. The van der Waals surface area contributed by atoms with Crippen LogP contribution in [0.3, 0.4) is 0 Å². The third-order valence-electron chi connectivity index (χ3n) is 2.69. The summed E-state index contributed by atoms with van der Waals surface area (Å²) in [6.45, 7) is 1.83. The highest BCUT2D eigenvalue weighted by molar-refractivity contribution is 5.92. The number of esters is 1. The summed E-state index contributed by atoms with van der Waals surface area (Å²) in [6.07, 6.45) is 1.08. The van der Waals surface area contributed by atoms with Gasteiger partial charge in [-0.15, -0.1) is 0 Å². The van der Waals surface area contributed by atoms with Crippen molar-refractivity contribution in [1.29, 1.82) is 0 Å². The van der Waals surface area contributed by atoms with E-state index in [1.807, 2.05) is 6.92 Å². The zero-order valence-corrected chi connectivity index (χ0v) is 11.4. The Balaban J connectivity index is 2.30. The number of aryl methyl sites for hydroxylation is 1. The summed E-state index contributed by atoms with van der Waals surface area (Å²) in [6, 6.07) is 7.65. The van der Waals surface area contributed by atoms with Gasteiger partial charge in [0, 0.05) is 12.1 Å². The lowest BCUT2D eigenvalue weighted by Gasteiger charge is -2.09. The standard InChI is InChI=1S/C14H12N2O5/c1-9-3-5-12(11(7-9)14(17)20-2)21-13-6-4-10(8-15-13)16(18)19/h3-8H,1-2H3. The maximum Gasteiger partial charge on any atom is 0.341 e. The topological polar surface area (TPSA) is 91.6 Å². The van der Waals surface area contributed by atoms with Crippen LogP contribution in [-0.2, 0) is 4.74 Å². The molecule has 108 valence electrons. The third kappa shape index (κ3) is 3.33. The van der Waals surface area contributed by atoms with Crippen LogP contribution >= 0.6 is 0 Å². The van der Waals surface area contributed by atoms with Crippen molar-refractivity contribution in [3.8, 4) is 11.6 Å².